The average molecular weight is 245 g/mol. The Morgan fingerprint density at radius 2 is 2.44 bits per heavy atom. The molecule has 3 N–H and O–H groups in total. The van der Waals surface area contributed by atoms with Crippen molar-refractivity contribution in [2.24, 2.45) is 0 Å². The second-order valence-corrected chi connectivity index (χ2v) is 3.86. The van der Waals surface area contributed by atoms with Gasteiger partial charge in [0, 0.05) is 6.54 Å². The molecule has 1 saturated heterocycles. The van der Waals surface area contributed by atoms with Crippen LogP contribution in [0, 0.1) is 0 Å². The van der Waals surface area contributed by atoms with Crippen LogP contribution in [-0.2, 0) is 4.74 Å². The topological polar surface area (TPSA) is 84.5 Å². The van der Waals surface area contributed by atoms with E-state index in [0.717, 1.165) is 0 Å². The lowest BCUT2D eigenvalue weighted by molar-refractivity contribution is 0.0723. The van der Waals surface area contributed by atoms with Gasteiger partial charge in [0.1, 0.15) is 12.0 Å². The highest BCUT2D eigenvalue weighted by atomic mass is 35.5. The molecular formula is C9H13ClN4O2. The Labute approximate surface area is 98.0 Å². The standard InChI is InChI=1S/C9H13ClN4O2/c10-8-7(11)9(13-5-12-8)14-1-2-16-4-6(14)3-15/h5-6,15H,1-4,11H2. The van der Waals surface area contributed by atoms with E-state index in [-0.39, 0.29) is 17.8 Å². The molecule has 16 heavy (non-hydrogen) atoms. The molecule has 0 amide bonds. The molecule has 6 nitrogen and oxygen atoms in total. The van der Waals surface area contributed by atoms with Gasteiger partial charge >= 0.3 is 0 Å². The van der Waals surface area contributed by atoms with Crippen LogP contribution >= 0.6 is 11.6 Å². The summed E-state index contributed by atoms with van der Waals surface area (Å²) in [7, 11) is 0. The summed E-state index contributed by atoms with van der Waals surface area (Å²) in [4.78, 5) is 9.79. The first-order valence-electron chi connectivity index (χ1n) is 4.95. The maximum absolute atomic E-state index is 9.24. The molecule has 1 aliphatic rings. The van der Waals surface area contributed by atoms with Gasteiger partial charge in [-0.05, 0) is 0 Å². The summed E-state index contributed by atoms with van der Waals surface area (Å²) in [6, 6.07) is -0.137. The number of halogens is 1. The predicted octanol–water partition coefficient (Wildman–Crippen LogP) is -0.0903. The Hall–Kier alpha value is -1.11. The van der Waals surface area contributed by atoms with Crippen molar-refractivity contribution in [1.82, 2.24) is 9.97 Å². The van der Waals surface area contributed by atoms with Crippen molar-refractivity contribution in [3.8, 4) is 0 Å². The Balaban J connectivity index is 2.30. The van der Waals surface area contributed by atoms with Crippen LogP contribution in [0.1, 0.15) is 0 Å². The van der Waals surface area contributed by atoms with Crippen molar-refractivity contribution in [1.29, 1.82) is 0 Å². The van der Waals surface area contributed by atoms with Gasteiger partial charge < -0.3 is 20.5 Å². The lowest BCUT2D eigenvalue weighted by Gasteiger charge is -2.35. The maximum atomic E-state index is 9.24. The Bertz CT molecular complexity index is 377. The zero-order chi connectivity index (χ0) is 11.5. The van der Waals surface area contributed by atoms with Gasteiger partial charge in [0.25, 0.3) is 0 Å². The molecule has 88 valence electrons. The number of aliphatic hydroxyl groups is 1. The fourth-order valence-electron chi connectivity index (χ4n) is 1.68. The Kier molecular flexibility index (Phi) is 3.42. The number of nitrogens with zero attached hydrogens (tertiary/aromatic N) is 3. The molecule has 2 rings (SSSR count). The van der Waals surface area contributed by atoms with Gasteiger partial charge in [-0.2, -0.15) is 0 Å². The summed E-state index contributed by atoms with van der Waals surface area (Å²) < 4.78 is 5.28. The van der Waals surface area contributed by atoms with E-state index in [4.69, 9.17) is 22.1 Å². The van der Waals surface area contributed by atoms with E-state index < -0.39 is 0 Å². The maximum Gasteiger partial charge on any atom is 0.157 e. The third-order valence-electron chi connectivity index (χ3n) is 2.52. The minimum atomic E-state index is -0.137. The number of rotatable bonds is 2. The highest BCUT2D eigenvalue weighted by molar-refractivity contribution is 6.32. The normalized spacial score (nSPS) is 21.1. The number of anilines is 2. The highest BCUT2D eigenvalue weighted by Gasteiger charge is 2.25. The van der Waals surface area contributed by atoms with E-state index in [9.17, 15) is 5.11 Å². The van der Waals surface area contributed by atoms with Crippen LogP contribution in [0.3, 0.4) is 0 Å². The lowest BCUT2D eigenvalue weighted by Crippen LogP contribution is -2.48. The first kappa shape index (κ1) is 11.4. The number of aliphatic hydroxyl groups excluding tert-OH is 1. The molecule has 7 heteroatoms. The predicted molar refractivity (Wildman–Crippen MR) is 60.5 cm³/mol. The Morgan fingerprint density at radius 1 is 1.62 bits per heavy atom. The van der Waals surface area contributed by atoms with Crippen LogP contribution in [0.25, 0.3) is 0 Å². The van der Waals surface area contributed by atoms with E-state index in [1.807, 2.05) is 4.90 Å². The van der Waals surface area contributed by atoms with Gasteiger partial charge in [0.15, 0.2) is 11.0 Å². The number of morpholine rings is 1. The third kappa shape index (κ3) is 2.04. The van der Waals surface area contributed by atoms with E-state index in [1.54, 1.807) is 0 Å². The van der Waals surface area contributed by atoms with Crippen LogP contribution in [0.2, 0.25) is 5.15 Å². The number of hydrogen-bond acceptors (Lipinski definition) is 6. The van der Waals surface area contributed by atoms with E-state index in [2.05, 4.69) is 9.97 Å². The zero-order valence-electron chi connectivity index (χ0n) is 8.64. The van der Waals surface area contributed by atoms with Crippen LogP contribution in [0.5, 0.6) is 0 Å². The number of nitrogens with two attached hydrogens (primary N) is 1. The molecule has 0 bridgehead atoms. The molecule has 0 spiro atoms. The summed E-state index contributed by atoms with van der Waals surface area (Å²) >= 11 is 5.83. The minimum Gasteiger partial charge on any atom is -0.394 e. The fourth-order valence-corrected chi connectivity index (χ4v) is 1.81. The Morgan fingerprint density at radius 3 is 3.19 bits per heavy atom. The molecule has 1 atom stereocenters. The van der Waals surface area contributed by atoms with Crippen LogP contribution in [-0.4, -0.2) is 47.5 Å². The van der Waals surface area contributed by atoms with Gasteiger partial charge in [-0.3, -0.25) is 0 Å². The fraction of sp³-hybridized carbons (Fsp3) is 0.556. The van der Waals surface area contributed by atoms with Gasteiger partial charge in [0.05, 0.1) is 25.9 Å². The van der Waals surface area contributed by atoms with Gasteiger partial charge in [0.2, 0.25) is 0 Å². The second-order valence-electron chi connectivity index (χ2n) is 3.51. The number of hydrogen-bond donors (Lipinski definition) is 2. The molecule has 1 aromatic heterocycles. The van der Waals surface area contributed by atoms with Crippen molar-refractivity contribution in [3.63, 3.8) is 0 Å². The number of ether oxygens (including phenoxy) is 1. The molecule has 1 unspecified atom stereocenters. The monoisotopic (exact) mass is 244 g/mol. The second kappa shape index (κ2) is 4.82. The first-order chi connectivity index (χ1) is 7.74. The summed E-state index contributed by atoms with van der Waals surface area (Å²) in [6.45, 7) is 1.65. The molecule has 2 heterocycles. The lowest BCUT2D eigenvalue weighted by atomic mass is 10.2. The van der Waals surface area contributed by atoms with Crippen molar-refractivity contribution in [3.05, 3.63) is 11.5 Å². The minimum absolute atomic E-state index is 0.0128. The van der Waals surface area contributed by atoms with Crippen molar-refractivity contribution in [2.45, 2.75) is 6.04 Å². The smallest absolute Gasteiger partial charge is 0.157 e. The molecule has 0 aliphatic carbocycles. The van der Waals surface area contributed by atoms with Crippen LogP contribution in [0.15, 0.2) is 6.33 Å². The van der Waals surface area contributed by atoms with E-state index in [1.165, 1.54) is 6.33 Å². The number of nitrogen functional groups attached to an aromatic ring is 1. The number of aromatic nitrogens is 2. The van der Waals surface area contributed by atoms with Crippen LogP contribution in [0.4, 0.5) is 11.5 Å². The summed E-state index contributed by atoms with van der Waals surface area (Å²) in [5, 5.41) is 9.47. The van der Waals surface area contributed by atoms with Gasteiger partial charge in [-0.25, -0.2) is 9.97 Å². The molecule has 1 aromatic rings. The molecule has 1 aliphatic heterocycles. The van der Waals surface area contributed by atoms with Gasteiger partial charge in [-0.15, -0.1) is 0 Å². The largest absolute Gasteiger partial charge is 0.394 e. The molecule has 0 radical (unpaired) electrons. The molecule has 1 fully saturated rings. The summed E-state index contributed by atoms with van der Waals surface area (Å²) in [5.41, 5.74) is 6.15. The molecular weight excluding hydrogens is 232 g/mol. The van der Waals surface area contributed by atoms with E-state index in [0.29, 0.717) is 31.3 Å². The van der Waals surface area contributed by atoms with Crippen molar-refractivity contribution in [2.75, 3.05) is 37.0 Å². The SMILES string of the molecule is Nc1c(Cl)ncnc1N1CCOCC1CO. The van der Waals surface area contributed by atoms with Crippen LogP contribution < -0.4 is 10.6 Å². The third-order valence-corrected chi connectivity index (χ3v) is 2.83. The quantitative estimate of drug-likeness (QED) is 0.708. The average Bonchev–Trinajstić information content (AvgIpc) is 2.33. The van der Waals surface area contributed by atoms with Crippen molar-refractivity contribution >= 4 is 23.1 Å². The molecule has 0 aromatic carbocycles. The van der Waals surface area contributed by atoms with Crippen molar-refractivity contribution < 1.29 is 9.84 Å². The summed E-state index contributed by atoms with van der Waals surface area (Å²) in [5.74, 6) is 0.558. The summed E-state index contributed by atoms with van der Waals surface area (Å²) in [6.07, 6.45) is 1.36. The highest BCUT2D eigenvalue weighted by Crippen LogP contribution is 2.27. The zero-order valence-corrected chi connectivity index (χ0v) is 9.39. The van der Waals surface area contributed by atoms with E-state index >= 15 is 0 Å². The molecule has 0 saturated carbocycles. The van der Waals surface area contributed by atoms with Gasteiger partial charge in [-0.1, -0.05) is 11.6 Å². The first-order valence-corrected chi connectivity index (χ1v) is 5.33.